The van der Waals surface area contributed by atoms with Gasteiger partial charge in [-0.3, -0.25) is 9.59 Å². The Hall–Kier alpha value is -0.710. The minimum Gasteiger partial charge on any atom is -0.481 e. The lowest BCUT2D eigenvalue weighted by atomic mass is 9.98. The van der Waals surface area contributed by atoms with Gasteiger partial charge in [0.2, 0.25) is 5.91 Å². The van der Waals surface area contributed by atoms with E-state index in [9.17, 15) is 9.59 Å². The van der Waals surface area contributed by atoms with E-state index in [0.717, 1.165) is 11.5 Å². The third-order valence-corrected chi connectivity index (χ3v) is 3.63. The van der Waals surface area contributed by atoms with Crippen molar-refractivity contribution >= 4 is 23.6 Å². The molecule has 0 aliphatic heterocycles. The quantitative estimate of drug-likeness (QED) is 0.602. The van der Waals surface area contributed by atoms with Crippen molar-refractivity contribution in [3.8, 4) is 0 Å². The van der Waals surface area contributed by atoms with Crippen LogP contribution in [0.25, 0.3) is 0 Å². The molecule has 0 aromatic carbocycles. The van der Waals surface area contributed by atoms with E-state index in [4.69, 9.17) is 5.11 Å². The standard InChI is InChI=1S/C13H25NO3S/c1-4-5-9-18-10-7-11(15)14-13(2,3)8-6-12(16)17/h4-10H2,1-3H3,(H,14,15)(H,16,17). The zero-order valence-electron chi connectivity index (χ0n) is 11.6. The maximum atomic E-state index is 11.7. The van der Waals surface area contributed by atoms with Gasteiger partial charge in [-0.05, 0) is 32.4 Å². The molecule has 5 heteroatoms. The Bertz CT molecular complexity index is 267. The summed E-state index contributed by atoms with van der Waals surface area (Å²) in [6, 6.07) is 0. The minimum absolute atomic E-state index is 0.00869. The summed E-state index contributed by atoms with van der Waals surface area (Å²) < 4.78 is 0. The number of amides is 1. The fourth-order valence-corrected chi connectivity index (χ4v) is 2.46. The van der Waals surface area contributed by atoms with Gasteiger partial charge in [0.1, 0.15) is 0 Å². The molecular weight excluding hydrogens is 250 g/mol. The summed E-state index contributed by atoms with van der Waals surface area (Å²) in [7, 11) is 0. The van der Waals surface area contributed by atoms with E-state index in [0.29, 0.717) is 12.8 Å². The highest BCUT2D eigenvalue weighted by molar-refractivity contribution is 7.99. The highest BCUT2D eigenvalue weighted by Gasteiger charge is 2.21. The summed E-state index contributed by atoms with van der Waals surface area (Å²) in [6.07, 6.45) is 3.41. The van der Waals surface area contributed by atoms with Crippen LogP contribution >= 0.6 is 11.8 Å². The Morgan fingerprint density at radius 2 is 1.89 bits per heavy atom. The molecule has 0 spiro atoms. The Morgan fingerprint density at radius 1 is 1.22 bits per heavy atom. The molecule has 1 amide bonds. The van der Waals surface area contributed by atoms with Crippen LogP contribution in [-0.2, 0) is 9.59 Å². The first-order valence-electron chi connectivity index (χ1n) is 6.48. The first kappa shape index (κ1) is 17.3. The van der Waals surface area contributed by atoms with Crippen molar-refractivity contribution in [2.75, 3.05) is 11.5 Å². The van der Waals surface area contributed by atoms with Crippen LogP contribution in [0, 0.1) is 0 Å². The SMILES string of the molecule is CCCCSCCC(=O)NC(C)(C)CCC(=O)O. The predicted octanol–water partition coefficient (Wildman–Crippen LogP) is 2.67. The van der Waals surface area contributed by atoms with E-state index >= 15 is 0 Å². The molecule has 0 radical (unpaired) electrons. The van der Waals surface area contributed by atoms with Crippen molar-refractivity contribution in [2.45, 2.75) is 58.4 Å². The number of thioether (sulfide) groups is 1. The van der Waals surface area contributed by atoms with Gasteiger partial charge >= 0.3 is 5.97 Å². The maximum Gasteiger partial charge on any atom is 0.303 e. The highest BCUT2D eigenvalue weighted by Crippen LogP contribution is 2.12. The normalized spacial score (nSPS) is 11.3. The predicted molar refractivity (Wildman–Crippen MR) is 75.9 cm³/mol. The van der Waals surface area contributed by atoms with Crippen molar-refractivity contribution in [3.05, 3.63) is 0 Å². The van der Waals surface area contributed by atoms with Crippen LogP contribution in [-0.4, -0.2) is 34.0 Å². The third kappa shape index (κ3) is 10.4. The van der Waals surface area contributed by atoms with Gasteiger partial charge in [0.05, 0.1) is 0 Å². The van der Waals surface area contributed by atoms with Crippen molar-refractivity contribution in [3.63, 3.8) is 0 Å². The summed E-state index contributed by atoms with van der Waals surface area (Å²) >= 11 is 1.80. The molecule has 0 heterocycles. The van der Waals surface area contributed by atoms with Crippen LogP contribution < -0.4 is 5.32 Å². The molecular formula is C13H25NO3S. The van der Waals surface area contributed by atoms with Gasteiger partial charge in [-0.2, -0.15) is 11.8 Å². The number of carbonyl (C=O) groups is 2. The number of aliphatic carboxylic acids is 1. The monoisotopic (exact) mass is 275 g/mol. The molecule has 0 aliphatic carbocycles. The molecule has 18 heavy (non-hydrogen) atoms. The molecule has 0 aromatic rings. The average Bonchev–Trinajstić information content (AvgIpc) is 2.26. The van der Waals surface area contributed by atoms with E-state index in [1.54, 1.807) is 11.8 Å². The summed E-state index contributed by atoms with van der Waals surface area (Å²) in [5.74, 6) is 1.12. The second-order valence-electron chi connectivity index (χ2n) is 5.04. The van der Waals surface area contributed by atoms with E-state index in [1.807, 2.05) is 13.8 Å². The maximum absolute atomic E-state index is 11.7. The van der Waals surface area contributed by atoms with Crippen LogP contribution in [0.15, 0.2) is 0 Å². The number of hydrogen-bond donors (Lipinski definition) is 2. The Morgan fingerprint density at radius 3 is 2.44 bits per heavy atom. The molecule has 106 valence electrons. The zero-order valence-corrected chi connectivity index (χ0v) is 12.4. The van der Waals surface area contributed by atoms with Crippen molar-refractivity contribution in [1.29, 1.82) is 0 Å². The number of nitrogens with one attached hydrogen (secondary N) is 1. The second-order valence-corrected chi connectivity index (χ2v) is 6.27. The van der Waals surface area contributed by atoms with Gasteiger partial charge in [0, 0.05) is 24.1 Å². The molecule has 2 N–H and O–H groups in total. The molecule has 4 nitrogen and oxygen atoms in total. The summed E-state index contributed by atoms with van der Waals surface area (Å²) in [4.78, 5) is 22.2. The Balaban J connectivity index is 3.74. The lowest BCUT2D eigenvalue weighted by Gasteiger charge is -2.25. The largest absolute Gasteiger partial charge is 0.481 e. The highest BCUT2D eigenvalue weighted by atomic mass is 32.2. The number of unbranched alkanes of at least 4 members (excludes halogenated alkanes) is 1. The molecule has 0 saturated heterocycles. The average molecular weight is 275 g/mol. The summed E-state index contributed by atoms with van der Waals surface area (Å²) in [5.41, 5.74) is -0.441. The molecule has 0 atom stereocenters. The Labute approximate surface area is 114 Å². The van der Waals surface area contributed by atoms with Crippen LogP contribution in [0.3, 0.4) is 0 Å². The molecule has 0 saturated carbocycles. The smallest absolute Gasteiger partial charge is 0.303 e. The second kappa shape index (κ2) is 9.25. The van der Waals surface area contributed by atoms with Crippen molar-refractivity contribution < 1.29 is 14.7 Å². The van der Waals surface area contributed by atoms with Gasteiger partial charge in [-0.1, -0.05) is 13.3 Å². The number of carbonyl (C=O) groups excluding carboxylic acids is 1. The van der Waals surface area contributed by atoms with Crippen LogP contribution in [0.1, 0.15) is 52.9 Å². The summed E-state index contributed by atoms with van der Waals surface area (Å²) in [5, 5.41) is 11.5. The zero-order chi connectivity index (χ0) is 14.0. The molecule has 0 unspecified atom stereocenters. The van der Waals surface area contributed by atoms with Gasteiger partial charge < -0.3 is 10.4 Å². The third-order valence-electron chi connectivity index (χ3n) is 2.56. The molecule has 0 aliphatic rings. The molecule has 0 bridgehead atoms. The lowest BCUT2D eigenvalue weighted by Crippen LogP contribution is -2.43. The summed E-state index contributed by atoms with van der Waals surface area (Å²) in [6.45, 7) is 5.87. The number of carboxylic acids is 1. The molecule has 0 fully saturated rings. The minimum atomic E-state index is -0.826. The first-order chi connectivity index (χ1) is 8.37. The number of hydrogen-bond acceptors (Lipinski definition) is 3. The number of carboxylic acid groups (broad SMARTS) is 1. The van der Waals surface area contributed by atoms with Gasteiger partial charge in [-0.25, -0.2) is 0 Å². The molecule has 0 aromatic heterocycles. The van der Waals surface area contributed by atoms with Crippen LogP contribution in [0.2, 0.25) is 0 Å². The van der Waals surface area contributed by atoms with E-state index in [1.165, 1.54) is 12.8 Å². The van der Waals surface area contributed by atoms with E-state index in [-0.39, 0.29) is 12.3 Å². The van der Waals surface area contributed by atoms with E-state index in [2.05, 4.69) is 12.2 Å². The van der Waals surface area contributed by atoms with Crippen molar-refractivity contribution in [1.82, 2.24) is 5.32 Å². The van der Waals surface area contributed by atoms with E-state index < -0.39 is 11.5 Å². The fourth-order valence-electron chi connectivity index (χ4n) is 1.44. The fraction of sp³-hybridized carbons (Fsp3) is 0.846. The molecule has 0 rings (SSSR count). The topological polar surface area (TPSA) is 66.4 Å². The Kier molecular flexibility index (Phi) is 8.89. The van der Waals surface area contributed by atoms with Gasteiger partial charge in [0.25, 0.3) is 0 Å². The van der Waals surface area contributed by atoms with Crippen LogP contribution in [0.5, 0.6) is 0 Å². The first-order valence-corrected chi connectivity index (χ1v) is 7.63. The van der Waals surface area contributed by atoms with Crippen molar-refractivity contribution in [2.24, 2.45) is 0 Å². The van der Waals surface area contributed by atoms with Gasteiger partial charge in [0.15, 0.2) is 0 Å². The number of rotatable bonds is 10. The van der Waals surface area contributed by atoms with Gasteiger partial charge in [-0.15, -0.1) is 0 Å². The van der Waals surface area contributed by atoms with Crippen LogP contribution in [0.4, 0.5) is 0 Å². The lowest BCUT2D eigenvalue weighted by molar-refractivity contribution is -0.137.